The molecule has 0 aliphatic heterocycles. The molecule has 0 aliphatic carbocycles. The summed E-state index contributed by atoms with van der Waals surface area (Å²) in [7, 11) is 0. The van der Waals surface area contributed by atoms with Crippen molar-refractivity contribution in [3.8, 4) is 0 Å². The molecule has 1 atom stereocenters. The number of carbonyl (C=O) groups is 3. The van der Waals surface area contributed by atoms with Gasteiger partial charge in [0.25, 0.3) is 0 Å². The fourth-order valence-electron chi connectivity index (χ4n) is 9.33. The Kier molecular flexibility index (Phi) is 60.2. The lowest BCUT2D eigenvalue weighted by molar-refractivity contribution is -0.167. The Morgan fingerprint density at radius 3 is 0.811 bits per heavy atom. The van der Waals surface area contributed by atoms with Crippen LogP contribution in [0, 0.1) is 0 Å². The first-order chi connectivity index (χ1) is 36.5. The highest BCUT2D eigenvalue weighted by Gasteiger charge is 2.19. The first-order valence-electron chi connectivity index (χ1n) is 32.3. The highest BCUT2D eigenvalue weighted by molar-refractivity contribution is 5.71. The van der Waals surface area contributed by atoms with Gasteiger partial charge >= 0.3 is 17.9 Å². The third-order valence-electron chi connectivity index (χ3n) is 14.2. The van der Waals surface area contributed by atoms with E-state index in [1.54, 1.807) is 0 Å². The molecule has 0 saturated heterocycles. The maximum atomic E-state index is 12.9. The third-order valence-corrected chi connectivity index (χ3v) is 14.2. The molecule has 0 spiro atoms. The van der Waals surface area contributed by atoms with Crippen molar-refractivity contribution in [1.82, 2.24) is 0 Å². The molecular weight excluding hydrogens is 913 g/mol. The van der Waals surface area contributed by atoms with Crippen molar-refractivity contribution in [2.45, 2.75) is 341 Å². The standard InChI is InChI=1S/C68H122O6/c1-4-7-10-13-16-19-22-25-27-29-30-31-32-33-34-35-36-37-38-39-41-43-46-49-52-55-58-61-67(70)73-64-65(63-72-66(69)60-57-54-51-48-45-42-24-21-18-15-12-9-6-3)74-68(71)62-59-56-53-50-47-44-40-28-26-23-20-17-14-11-8-5-2/h12,15,21-22,24-25,28-30,40,65H,4-11,13-14,16-20,23,26-27,31-39,41-64H2,1-3H3/b15-12-,24-21-,25-22-,30-29-,40-28-. The van der Waals surface area contributed by atoms with Crippen LogP contribution in [-0.4, -0.2) is 37.2 Å². The number of rotatable bonds is 59. The quantitative estimate of drug-likeness (QED) is 0.0261. The van der Waals surface area contributed by atoms with Gasteiger partial charge in [-0.2, -0.15) is 0 Å². The number of allylic oxidation sites excluding steroid dienone is 10. The van der Waals surface area contributed by atoms with E-state index in [4.69, 9.17) is 14.2 Å². The molecule has 0 rings (SSSR count). The number of carbonyl (C=O) groups excluding carboxylic acids is 3. The summed E-state index contributed by atoms with van der Waals surface area (Å²) in [5, 5.41) is 0. The first kappa shape index (κ1) is 71.1. The minimum atomic E-state index is -0.784. The predicted octanol–water partition coefficient (Wildman–Crippen LogP) is 21.9. The monoisotopic (exact) mass is 1030 g/mol. The highest BCUT2D eigenvalue weighted by Crippen LogP contribution is 2.17. The van der Waals surface area contributed by atoms with Gasteiger partial charge in [-0.25, -0.2) is 0 Å². The van der Waals surface area contributed by atoms with Crippen LogP contribution in [0.25, 0.3) is 0 Å². The molecule has 6 nitrogen and oxygen atoms in total. The molecule has 0 aliphatic rings. The summed E-state index contributed by atoms with van der Waals surface area (Å²) in [5.41, 5.74) is 0. The van der Waals surface area contributed by atoms with Crippen molar-refractivity contribution in [3.63, 3.8) is 0 Å². The number of hydrogen-bond acceptors (Lipinski definition) is 6. The molecular formula is C68H122O6. The number of hydrogen-bond donors (Lipinski definition) is 0. The zero-order chi connectivity index (χ0) is 53.6. The van der Waals surface area contributed by atoms with Crippen molar-refractivity contribution in [2.75, 3.05) is 13.2 Å². The number of esters is 3. The predicted molar refractivity (Wildman–Crippen MR) is 321 cm³/mol. The van der Waals surface area contributed by atoms with Crippen molar-refractivity contribution >= 4 is 17.9 Å². The van der Waals surface area contributed by atoms with E-state index < -0.39 is 6.10 Å². The Labute approximate surface area is 460 Å². The van der Waals surface area contributed by atoms with E-state index in [0.29, 0.717) is 19.3 Å². The molecule has 6 heteroatoms. The molecule has 1 unspecified atom stereocenters. The molecule has 0 heterocycles. The van der Waals surface area contributed by atoms with Crippen molar-refractivity contribution < 1.29 is 28.6 Å². The second-order valence-electron chi connectivity index (χ2n) is 21.7. The van der Waals surface area contributed by atoms with Crippen LogP contribution in [0.3, 0.4) is 0 Å². The normalized spacial score (nSPS) is 12.4. The Balaban J connectivity index is 4.24. The van der Waals surface area contributed by atoms with Gasteiger partial charge in [0.05, 0.1) is 0 Å². The fourth-order valence-corrected chi connectivity index (χ4v) is 9.33. The minimum Gasteiger partial charge on any atom is -0.462 e. The topological polar surface area (TPSA) is 78.9 Å². The Hall–Kier alpha value is -2.89. The second-order valence-corrected chi connectivity index (χ2v) is 21.7. The van der Waals surface area contributed by atoms with E-state index in [9.17, 15) is 14.4 Å². The van der Waals surface area contributed by atoms with E-state index in [0.717, 1.165) is 103 Å². The maximum absolute atomic E-state index is 12.9. The highest BCUT2D eigenvalue weighted by atomic mass is 16.6. The summed E-state index contributed by atoms with van der Waals surface area (Å²) >= 11 is 0. The smallest absolute Gasteiger partial charge is 0.306 e. The molecule has 0 bridgehead atoms. The summed E-state index contributed by atoms with van der Waals surface area (Å²) in [6.07, 6.45) is 79.5. The minimum absolute atomic E-state index is 0.0799. The molecule has 0 amide bonds. The van der Waals surface area contributed by atoms with E-state index in [1.807, 2.05) is 0 Å². The van der Waals surface area contributed by atoms with Gasteiger partial charge in [0, 0.05) is 19.3 Å². The zero-order valence-electron chi connectivity index (χ0n) is 49.4. The van der Waals surface area contributed by atoms with E-state index in [1.165, 1.54) is 193 Å². The van der Waals surface area contributed by atoms with Gasteiger partial charge in [-0.3, -0.25) is 14.4 Å². The van der Waals surface area contributed by atoms with E-state index in [-0.39, 0.29) is 31.1 Å². The second kappa shape index (κ2) is 62.6. The molecule has 0 fully saturated rings. The zero-order valence-corrected chi connectivity index (χ0v) is 49.4. The number of ether oxygens (including phenoxy) is 3. The van der Waals surface area contributed by atoms with Gasteiger partial charge in [0.2, 0.25) is 0 Å². The molecule has 430 valence electrons. The van der Waals surface area contributed by atoms with Gasteiger partial charge in [-0.1, -0.05) is 274 Å². The van der Waals surface area contributed by atoms with Crippen molar-refractivity contribution in [3.05, 3.63) is 60.8 Å². The molecule has 74 heavy (non-hydrogen) atoms. The third kappa shape index (κ3) is 60.0. The Bertz CT molecular complexity index is 1330. The Morgan fingerprint density at radius 1 is 0.270 bits per heavy atom. The van der Waals surface area contributed by atoms with E-state index >= 15 is 0 Å². The average Bonchev–Trinajstić information content (AvgIpc) is 3.40. The van der Waals surface area contributed by atoms with Crippen LogP contribution >= 0.6 is 0 Å². The summed E-state index contributed by atoms with van der Waals surface area (Å²) < 4.78 is 16.9. The average molecular weight is 1040 g/mol. The first-order valence-corrected chi connectivity index (χ1v) is 32.3. The summed E-state index contributed by atoms with van der Waals surface area (Å²) in [5.74, 6) is -0.888. The summed E-state index contributed by atoms with van der Waals surface area (Å²) in [6.45, 7) is 6.58. The van der Waals surface area contributed by atoms with Gasteiger partial charge in [0.15, 0.2) is 6.10 Å². The van der Waals surface area contributed by atoms with Crippen LogP contribution < -0.4 is 0 Å². The van der Waals surface area contributed by atoms with Gasteiger partial charge in [-0.15, -0.1) is 0 Å². The lowest BCUT2D eigenvalue weighted by atomic mass is 10.0. The van der Waals surface area contributed by atoms with Crippen LogP contribution in [0.2, 0.25) is 0 Å². The van der Waals surface area contributed by atoms with Crippen LogP contribution in [0.4, 0.5) is 0 Å². The fraction of sp³-hybridized carbons (Fsp3) is 0.809. The lowest BCUT2D eigenvalue weighted by Crippen LogP contribution is -2.30. The number of unbranched alkanes of at least 4 members (excludes halogenated alkanes) is 38. The molecule has 0 aromatic rings. The molecule has 0 N–H and O–H groups in total. The summed E-state index contributed by atoms with van der Waals surface area (Å²) in [4.78, 5) is 38.3. The van der Waals surface area contributed by atoms with Crippen LogP contribution in [-0.2, 0) is 28.6 Å². The van der Waals surface area contributed by atoms with Crippen LogP contribution in [0.5, 0.6) is 0 Å². The van der Waals surface area contributed by atoms with Gasteiger partial charge < -0.3 is 14.2 Å². The Morgan fingerprint density at radius 2 is 0.514 bits per heavy atom. The maximum Gasteiger partial charge on any atom is 0.306 e. The van der Waals surface area contributed by atoms with Crippen LogP contribution in [0.15, 0.2) is 60.8 Å². The lowest BCUT2D eigenvalue weighted by Gasteiger charge is -2.18. The molecule has 0 radical (unpaired) electrons. The molecule has 0 aromatic heterocycles. The van der Waals surface area contributed by atoms with Crippen LogP contribution in [0.1, 0.15) is 335 Å². The van der Waals surface area contributed by atoms with Gasteiger partial charge in [0.1, 0.15) is 13.2 Å². The van der Waals surface area contributed by atoms with E-state index in [2.05, 4.69) is 81.5 Å². The van der Waals surface area contributed by atoms with Crippen molar-refractivity contribution in [1.29, 1.82) is 0 Å². The molecule has 0 saturated carbocycles. The molecule has 0 aromatic carbocycles. The largest absolute Gasteiger partial charge is 0.462 e. The van der Waals surface area contributed by atoms with Gasteiger partial charge in [-0.05, 0) is 103 Å². The van der Waals surface area contributed by atoms with Crippen molar-refractivity contribution in [2.24, 2.45) is 0 Å². The SMILES string of the molecule is CCC/C=C\C/C=C\CCCCCCCC(=O)OCC(COC(=O)CCCCCCCCCCCCCCCCC/C=C\C/C=C\CCCCCCC)OC(=O)CCCCCCC/C=C\CCCCCCCCC. The summed E-state index contributed by atoms with van der Waals surface area (Å²) in [6, 6.07) is 0.